The minimum Gasteiger partial charge on any atom is -0.465 e. The van der Waals surface area contributed by atoms with Crippen molar-refractivity contribution in [2.24, 2.45) is 11.0 Å². The SMILES string of the molecule is CCOC(=O)C(C(=O)OCC)C1=NN(C(C)=O)C(C)(C)N1C(C)=O. The van der Waals surface area contributed by atoms with Crippen molar-refractivity contribution in [1.82, 2.24) is 9.91 Å². The van der Waals surface area contributed by atoms with Gasteiger partial charge in [-0.05, 0) is 27.7 Å². The van der Waals surface area contributed by atoms with Gasteiger partial charge in [0.1, 0.15) is 5.66 Å². The fourth-order valence-corrected chi connectivity index (χ4v) is 2.59. The Morgan fingerprint density at radius 3 is 1.79 bits per heavy atom. The molecule has 0 aromatic rings. The van der Waals surface area contributed by atoms with Gasteiger partial charge in [-0.15, -0.1) is 0 Å². The van der Waals surface area contributed by atoms with Crippen molar-refractivity contribution in [3.05, 3.63) is 0 Å². The highest BCUT2D eigenvalue weighted by molar-refractivity contribution is 6.20. The van der Waals surface area contributed by atoms with Gasteiger partial charge in [0.15, 0.2) is 5.84 Å². The van der Waals surface area contributed by atoms with Gasteiger partial charge in [0.25, 0.3) is 0 Å². The summed E-state index contributed by atoms with van der Waals surface area (Å²) in [6.45, 7) is 8.96. The number of ether oxygens (including phenoxy) is 2. The van der Waals surface area contributed by atoms with Crippen LogP contribution < -0.4 is 0 Å². The van der Waals surface area contributed by atoms with E-state index in [-0.39, 0.29) is 19.0 Å². The average Bonchev–Trinajstić information content (AvgIpc) is 2.71. The molecule has 0 radical (unpaired) electrons. The zero-order valence-corrected chi connectivity index (χ0v) is 14.8. The maximum absolute atomic E-state index is 12.3. The van der Waals surface area contributed by atoms with Crippen molar-refractivity contribution in [3.63, 3.8) is 0 Å². The Bertz CT molecular complexity index is 566. The normalized spacial score (nSPS) is 16.0. The highest BCUT2D eigenvalue weighted by Crippen LogP contribution is 2.31. The van der Waals surface area contributed by atoms with Gasteiger partial charge in [-0.25, -0.2) is 5.01 Å². The Labute approximate surface area is 140 Å². The molecule has 0 saturated heterocycles. The molecular weight excluding hydrogens is 318 g/mol. The van der Waals surface area contributed by atoms with Gasteiger partial charge in [-0.2, -0.15) is 5.10 Å². The molecule has 1 heterocycles. The summed E-state index contributed by atoms with van der Waals surface area (Å²) in [6, 6.07) is 0. The van der Waals surface area contributed by atoms with Crippen LogP contribution in [0.3, 0.4) is 0 Å². The standard InChI is InChI=1S/C15H23N3O6/c1-7-23-13(21)11(14(22)24-8-2)12-16-18(10(4)20)15(5,6)17(12)9(3)19/h11H,7-8H2,1-6H3. The largest absolute Gasteiger partial charge is 0.465 e. The number of amides is 2. The van der Waals surface area contributed by atoms with E-state index < -0.39 is 35.3 Å². The van der Waals surface area contributed by atoms with Crippen LogP contribution in [0.1, 0.15) is 41.5 Å². The van der Waals surface area contributed by atoms with Crippen LogP contribution in [0.5, 0.6) is 0 Å². The third-order valence-corrected chi connectivity index (χ3v) is 3.41. The summed E-state index contributed by atoms with van der Waals surface area (Å²) in [5.74, 6) is -4.41. The summed E-state index contributed by atoms with van der Waals surface area (Å²) in [6.07, 6.45) is 0. The molecule has 0 N–H and O–H groups in total. The number of hydrazone groups is 1. The fraction of sp³-hybridized carbons (Fsp3) is 0.667. The predicted molar refractivity (Wildman–Crippen MR) is 83.3 cm³/mol. The van der Waals surface area contributed by atoms with Crippen molar-refractivity contribution in [1.29, 1.82) is 0 Å². The molecule has 0 saturated carbocycles. The third-order valence-electron chi connectivity index (χ3n) is 3.41. The Hall–Kier alpha value is -2.45. The predicted octanol–water partition coefficient (Wildman–Crippen LogP) is 0.489. The van der Waals surface area contributed by atoms with E-state index in [0.717, 1.165) is 9.91 Å². The summed E-state index contributed by atoms with van der Waals surface area (Å²) < 4.78 is 9.83. The minimum atomic E-state index is -1.54. The van der Waals surface area contributed by atoms with Gasteiger partial charge < -0.3 is 9.47 Å². The number of esters is 2. The molecular formula is C15H23N3O6. The molecule has 0 fully saturated rings. The molecule has 0 aromatic heterocycles. The van der Waals surface area contributed by atoms with E-state index in [1.807, 2.05) is 0 Å². The zero-order valence-electron chi connectivity index (χ0n) is 14.8. The number of nitrogens with zero attached hydrogens (tertiary/aromatic N) is 3. The maximum Gasteiger partial charge on any atom is 0.328 e. The van der Waals surface area contributed by atoms with E-state index >= 15 is 0 Å². The summed E-state index contributed by atoms with van der Waals surface area (Å²) in [4.78, 5) is 49.6. The summed E-state index contributed by atoms with van der Waals surface area (Å²) in [5.41, 5.74) is -1.16. The smallest absolute Gasteiger partial charge is 0.328 e. The third kappa shape index (κ3) is 3.55. The van der Waals surface area contributed by atoms with Gasteiger partial charge in [-0.1, -0.05) is 0 Å². The number of carbonyl (C=O) groups is 4. The molecule has 2 amide bonds. The molecule has 0 unspecified atom stereocenters. The van der Waals surface area contributed by atoms with Crippen LogP contribution >= 0.6 is 0 Å². The summed E-state index contributed by atoms with van der Waals surface area (Å²) in [7, 11) is 0. The molecule has 9 nitrogen and oxygen atoms in total. The molecule has 0 spiro atoms. The second kappa shape index (κ2) is 7.41. The second-order valence-corrected chi connectivity index (χ2v) is 5.57. The molecule has 24 heavy (non-hydrogen) atoms. The number of rotatable bonds is 5. The number of carbonyl (C=O) groups excluding carboxylic acids is 4. The zero-order chi connectivity index (χ0) is 18.7. The highest BCUT2D eigenvalue weighted by atomic mass is 16.6. The summed E-state index contributed by atoms with van der Waals surface area (Å²) in [5, 5.41) is 5.10. The maximum atomic E-state index is 12.3. The molecule has 1 rings (SSSR count). The molecule has 1 aliphatic heterocycles. The molecule has 0 bridgehead atoms. The molecule has 9 heteroatoms. The highest BCUT2D eigenvalue weighted by Gasteiger charge is 2.52. The lowest BCUT2D eigenvalue weighted by molar-refractivity contribution is -0.158. The fourth-order valence-electron chi connectivity index (χ4n) is 2.59. The first-order valence-electron chi connectivity index (χ1n) is 7.62. The molecule has 0 atom stereocenters. The van der Waals surface area contributed by atoms with E-state index in [9.17, 15) is 19.2 Å². The van der Waals surface area contributed by atoms with E-state index in [1.165, 1.54) is 13.8 Å². The van der Waals surface area contributed by atoms with Gasteiger partial charge in [-0.3, -0.25) is 24.1 Å². The number of hydrogen-bond acceptors (Lipinski definition) is 7. The van der Waals surface area contributed by atoms with Gasteiger partial charge in [0, 0.05) is 13.8 Å². The lowest BCUT2D eigenvalue weighted by Gasteiger charge is -2.36. The quantitative estimate of drug-likeness (QED) is 0.532. The van der Waals surface area contributed by atoms with E-state index in [1.54, 1.807) is 27.7 Å². The van der Waals surface area contributed by atoms with Crippen molar-refractivity contribution in [2.45, 2.75) is 47.2 Å². The Morgan fingerprint density at radius 1 is 1.00 bits per heavy atom. The Kier molecular flexibility index (Phi) is 6.05. The van der Waals surface area contributed by atoms with Crippen LogP contribution in [0.2, 0.25) is 0 Å². The monoisotopic (exact) mass is 341 g/mol. The lowest BCUT2D eigenvalue weighted by Crippen LogP contribution is -2.56. The molecule has 1 aliphatic rings. The Balaban J connectivity index is 3.44. The Morgan fingerprint density at radius 2 is 1.46 bits per heavy atom. The number of amidine groups is 1. The van der Waals surface area contributed by atoms with Crippen LogP contribution in [0, 0.1) is 5.92 Å². The summed E-state index contributed by atoms with van der Waals surface area (Å²) >= 11 is 0. The first-order valence-corrected chi connectivity index (χ1v) is 7.62. The average molecular weight is 341 g/mol. The molecule has 134 valence electrons. The van der Waals surface area contributed by atoms with E-state index in [4.69, 9.17) is 9.47 Å². The lowest BCUT2D eigenvalue weighted by atomic mass is 10.1. The van der Waals surface area contributed by atoms with Gasteiger partial charge >= 0.3 is 11.9 Å². The van der Waals surface area contributed by atoms with Crippen molar-refractivity contribution in [2.75, 3.05) is 13.2 Å². The van der Waals surface area contributed by atoms with Crippen LogP contribution in [0.15, 0.2) is 5.10 Å². The van der Waals surface area contributed by atoms with E-state index in [2.05, 4.69) is 5.10 Å². The minimum absolute atomic E-state index is 0.0436. The van der Waals surface area contributed by atoms with Gasteiger partial charge in [0.05, 0.1) is 13.2 Å². The van der Waals surface area contributed by atoms with Crippen LogP contribution in [-0.4, -0.2) is 58.4 Å². The second-order valence-electron chi connectivity index (χ2n) is 5.57. The van der Waals surface area contributed by atoms with Crippen LogP contribution in [0.25, 0.3) is 0 Å². The van der Waals surface area contributed by atoms with Crippen molar-refractivity contribution < 1.29 is 28.7 Å². The van der Waals surface area contributed by atoms with Crippen molar-refractivity contribution in [3.8, 4) is 0 Å². The van der Waals surface area contributed by atoms with Crippen molar-refractivity contribution >= 4 is 29.6 Å². The van der Waals surface area contributed by atoms with Crippen LogP contribution in [0.4, 0.5) is 0 Å². The van der Waals surface area contributed by atoms with E-state index in [0.29, 0.717) is 0 Å². The first-order chi connectivity index (χ1) is 11.1. The van der Waals surface area contributed by atoms with Crippen LogP contribution in [-0.2, 0) is 28.7 Å². The van der Waals surface area contributed by atoms with Gasteiger partial charge in [0.2, 0.25) is 17.7 Å². The number of hydrogen-bond donors (Lipinski definition) is 0. The first kappa shape index (κ1) is 19.6. The molecule has 0 aromatic carbocycles. The topological polar surface area (TPSA) is 106 Å². The molecule has 0 aliphatic carbocycles.